The molecule has 2 heterocycles. The number of nitrogens with zero attached hydrogens (tertiary/aromatic N) is 2. The van der Waals surface area contributed by atoms with Crippen molar-refractivity contribution in [1.82, 2.24) is 4.90 Å². The number of nitriles is 1. The number of sulfone groups is 2. The molecular formula is C20H17ClN2O4S4. The van der Waals surface area contributed by atoms with Crippen molar-refractivity contribution in [2.75, 3.05) is 12.3 Å². The molecule has 3 rings (SSSR count). The van der Waals surface area contributed by atoms with Gasteiger partial charge in [0.05, 0.1) is 17.2 Å². The van der Waals surface area contributed by atoms with Gasteiger partial charge < -0.3 is 4.90 Å². The molecule has 0 amide bonds. The van der Waals surface area contributed by atoms with Crippen molar-refractivity contribution in [3.05, 3.63) is 80.3 Å². The maximum Gasteiger partial charge on any atom is 0.227 e. The molecule has 6 nitrogen and oxygen atoms in total. The molecule has 0 saturated carbocycles. The first kappa shape index (κ1) is 23.5. The van der Waals surface area contributed by atoms with Gasteiger partial charge in [0, 0.05) is 22.6 Å². The van der Waals surface area contributed by atoms with Gasteiger partial charge in [0.25, 0.3) is 0 Å². The van der Waals surface area contributed by atoms with E-state index >= 15 is 0 Å². The average Bonchev–Trinajstić information content (AvgIpc) is 3.44. The number of benzene rings is 1. The molecule has 0 fully saturated rings. The van der Waals surface area contributed by atoms with E-state index in [1.165, 1.54) is 47.9 Å². The van der Waals surface area contributed by atoms with Crippen LogP contribution in [0, 0.1) is 11.3 Å². The van der Waals surface area contributed by atoms with Gasteiger partial charge in [0.2, 0.25) is 9.84 Å². The van der Waals surface area contributed by atoms with E-state index in [2.05, 4.69) is 0 Å². The molecule has 0 aliphatic heterocycles. The second-order valence-electron chi connectivity index (χ2n) is 6.36. The van der Waals surface area contributed by atoms with Crippen molar-refractivity contribution in [3.63, 3.8) is 0 Å². The molecule has 11 heteroatoms. The molecule has 0 aliphatic carbocycles. The van der Waals surface area contributed by atoms with Gasteiger partial charge in [-0.2, -0.15) is 5.26 Å². The summed E-state index contributed by atoms with van der Waals surface area (Å²) in [5.41, 5.74) is 0. The minimum Gasteiger partial charge on any atom is -0.370 e. The highest BCUT2D eigenvalue weighted by molar-refractivity contribution is 7.97. The average molecular weight is 513 g/mol. The summed E-state index contributed by atoms with van der Waals surface area (Å²) < 4.78 is 51.1. The minimum atomic E-state index is -3.98. The first-order chi connectivity index (χ1) is 14.7. The molecule has 0 radical (unpaired) electrons. The molecule has 0 atom stereocenters. The van der Waals surface area contributed by atoms with E-state index in [-0.39, 0.29) is 27.9 Å². The van der Waals surface area contributed by atoms with Crippen LogP contribution in [0.3, 0.4) is 0 Å². The van der Waals surface area contributed by atoms with E-state index in [1.54, 1.807) is 22.4 Å². The minimum absolute atomic E-state index is 0.00794. The first-order valence-corrected chi connectivity index (χ1v) is 14.1. The quantitative estimate of drug-likeness (QED) is 0.389. The maximum atomic E-state index is 12.8. The molecule has 2 aromatic heterocycles. The van der Waals surface area contributed by atoms with Gasteiger partial charge >= 0.3 is 0 Å². The number of halogens is 1. The Kier molecular flexibility index (Phi) is 7.56. The Balaban J connectivity index is 1.88. The van der Waals surface area contributed by atoms with Crippen molar-refractivity contribution in [3.8, 4) is 6.07 Å². The maximum absolute atomic E-state index is 12.8. The van der Waals surface area contributed by atoms with Gasteiger partial charge in [-0.1, -0.05) is 23.7 Å². The lowest BCUT2D eigenvalue weighted by Gasteiger charge is -2.20. The topological polar surface area (TPSA) is 95.3 Å². The molecule has 162 valence electrons. The first-order valence-electron chi connectivity index (χ1n) is 8.87. The van der Waals surface area contributed by atoms with Gasteiger partial charge in [0.15, 0.2) is 14.7 Å². The Morgan fingerprint density at radius 1 is 1.03 bits per heavy atom. The van der Waals surface area contributed by atoms with Crippen LogP contribution in [-0.4, -0.2) is 34.0 Å². The van der Waals surface area contributed by atoms with Gasteiger partial charge in [0.1, 0.15) is 10.3 Å². The molecule has 0 saturated heterocycles. The summed E-state index contributed by atoms with van der Waals surface area (Å²) in [5.74, 6) is -0.256. The van der Waals surface area contributed by atoms with Crippen molar-refractivity contribution >= 4 is 53.9 Å². The molecule has 3 aromatic rings. The normalized spacial score (nSPS) is 12.5. The van der Waals surface area contributed by atoms with Crippen LogP contribution in [0.4, 0.5) is 0 Å². The van der Waals surface area contributed by atoms with E-state index in [4.69, 9.17) is 11.6 Å². The summed E-state index contributed by atoms with van der Waals surface area (Å²) in [4.78, 5) is 2.15. The van der Waals surface area contributed by atoms with Crippen LogP contribution in [0.25, 0.3) is 0 Å². The number of rotatable bonds is 9. The highest BCUT2D eigenvalue weighted by Gasteiger charge is 2.24. The second-order valence-corrected chi connectivity index (χ2v) is 13.0. The van der Waals surface area contributed by atoms with Crippen LogP contribution in [-0.2, 0) is 26.2 Å². The third kappa shape index (κ3) is 5.96. The lowest BCUT2D eigenvalue weighted by molar-refractivity contribution is 0.392. The Bertz CT molecular complexity index is 1290. The monoisotopic (exact) mass is 512 g/mol. The third-order valence-corrected chi connectivity index (χ3v) is 10.1. The number of allylic oxidation sites excluding steroid dienone is 1. The lowest BCUT2D eigenvalue weighted by atomic mass is 10.4. The van der Waals surface area contributed by atoms with Gasteiger partial charge in [-0.05, 0) is 47.2 Å². The molecule has 0 N–H and O–H groups in total. The zero-order valence-electron chi connectivity index (χ0n) is 16.0. The van der Waals surface area contributed by atoms with E-state index in [9.17, 15) is 22.1 Å². The molecule has 0 unspecified atom stereocenters. The fourth-order valence-corrected chi connectivity index (χ4v) is 7.03. The number of hydrogen-bond acceptors (Lipinski definition) is 8. The molecule has 1 aromatic carbocycles. The standard InChI is InChI=1S/C20H17ClN2O4S4/c21-16-5-7-18(8-6-16)30(24,25)12-9-23(14-17-3-1-10-28-17)15-19(13-22)31(26,27)20-4-2-11-29-20/h1-8,10-11,15H,9,12,14H2/b19-15+. The highest BCUT2D eigenvalue weighted by Crippen LogP contribution is 2.25. The Labute approximate surface area is 194 Å². The summed E-state index contributed by atoms with van der Waals surface area (Å²) in [6.07, 6.45) is 1.23. The molecular weight excluding hydrogens is 496 g/mol. The smallest absolute Gasteiger partial charge is 0.227 e. The fraction of sp³-hybridized carbons (Fsp3) is 0.150. The van der Waals surface area contributed by atoms with Crippen LogP contribution in [0.1, 0.15) is 4.88 Å². The van der Waals surface area contributed by atoms with E-state index in [0.29, 0.717) is 5.02 Å². The van der Waals surface area contributed by atoms with Crippen LogP contribution in [0.2, 0.25) is 5.02 Å². The van der Waals surface area contributed by atoms with E-state index in [0.717, 1.165) is 16.2 Å². The van der Waals surface area contributed by atoms with E-state index in [1.807, 2.05) is 17.5 Å². The Hall–Kier alpha value is -2.16. The molecule has 0 spiro atoms. The zero-order chi connectivity index (χ0) is 22.5. The van der Waals surface area contributed by atoms with Gasteiger partial charge in [-0.3, -0.25) is 0 Å². The van der Waals surface area contributed by atoms with Gasteiger partial charge in [-0.25, -0.2) is 16.8 Å². The Morgan fingerprint density at radius 2 is 1.71 bits per heavy atom. The van der Waals surface area contributed by atoms with Crippen LogP contribution in [0.5, 0.6) is 0 Å². The number of thiophene rings is 2. The highest BCUT2D eigenvalue weighted by atomic mass is 35.5. The van der Waals surface area contributed by atoms with Crippen LogP contribution in [0.15, 0.2) is 79.5 Å². The summed E-state index contributed by atoms with van der Waals surface area (Å²) in [5, 5.41) is 13.4. The predicted octanol–water partition coefficient (Wildman–Crippen LogP) is 4.58. The predicted molar refractivity (Wildman–Crippen MR) is 123 cm³/mol. The molecule has 0 bridgehead atoms. The summed E-state index contributed by atoms with van der Waals surface area (Å²) >= 11 is 8.31. The van der Waals surface area contributed by atoms with Crippen molar-refractivity contribution in [2.45, 2.75) is 15.6 Å². The van der Waals surface area contributed by atoms with Gasteiger partial charge in [-0.15, -0.1) is 22.7 Å². The Morgan fingerprint density at radius 3 is 2.29 bits per heavy atom. The largest absolute Gasteiger partial charge is 0.370 e. The zero-order valence-corrected chi connectivity index (χ0v) is 20.0. The second kappa shape index (κ2) is 9.97. The summed E-state index contributed by atoms with van der Waals surface area (Å²) in [7, 11) is -7.61. The van der Waals surface area contributed by atoms with Crippen molar-refractivity contribution < 1.29 is 16.8 Å². The summed E-state index contributed by atoms with van der Waals surface area (Å²) in [6.45, 7) is 0.285. The van der Waals surface area contributed by atoms with Crippen LogP contribution >= 0.6 is 34.3 Å². The summed E-state index contributed by atoms with van der Waals surface area (Å²) in [6, 6.07) is 14.3. The fourth-order valence-electron chi connectivity index (χ4n) is 2.64. The third-order valence-electron chi connectivity index (χ3n) is 4.22. The van der Waals surface area contributed by atoms with E-state index < -0.39 is 24.6 Å². The van der Waals surface area contributed by atoms with Crippen LogP contribution < -0.4 is 0 Å². The lowest BCUT2D eigenvalue weighted by Crippen LogP contribution is -2.25. The SMILES string of the molecule is N#C/C(=C\N(CCS(=O)(=O)c1ccc(Cl)cc1)Cc1cccs1)S(=O)(=O)c1cccs1. The number of hydrogen-bond donors (Lipinski definition) is 0. The van der Waals surface area contributed by atoms with Crippen molar-refractivity contribution in [1.29, 1.82) is 5.26 Å². The molecule has 31 heavy (non-hydrogen) atoms. The molecule has 0 aliphatic rings. The van der Waals surface area contributed by atoms with Crippen molar-refractivity contribution in [2.24, 2.45) is 0 Å².